The summed E-state index contributed by atoms with van der Waals surface area (Å²) in [5.41, 5.74) is 3.29. The molecule has 1 aromatic heterocycles. The van der Waals surface area contributed by atoms with Crippen molar-refractivity contribution in [3.63, 3.8) is 0 Å². The van der Waals surface area contributed by atoms with Crippen molar-refractivity contribution < 1.29 is 4.39 Å². The maximum Gasteiger partial charge on any atom is 0.199 e. The zero-order valence-electron chi connectivity index (χ0n) is 14.6. The molecule has 0 N–H and O–H groups in total. The number of aromatic nitrogens is 3. The van der Waals surface area contributed by atoms with Crippen LogP contribution in [0, 0.1) is 17.5 Å². The van der Waals surface area contributed by atoms with Gasteiger partial charge in [0.25, 0.3) is 0 Å². The Kier molecular flexibility index (Phi) is 5.11. The van der Waals surface area contributed by atoms with E-state index in [9.17, 15) is 4.39 Å². The number of rotatable bonds is 5. The number of aryl methyl sites for hydroxylation is 1. The van der Waals surface area contributed by atoms with Crippen molar-refractivity contribution in [2.24, 2.45) is 7.05 Å². The van der Waals surface area contributed by atoms with Crippen molar-refractivity contribution in [3.05, 3.63) is 70.2 Å². The first-order chi connectivity index (χ1) is 12.0. The first-order valence-corrected chi connectivity index (χ1v) is 8.49. The Hall–Kier alpha value is -2.31. The third-order valence-corrected chi connectivity index (χ3v) is 4.65. The van der Waals surface area contributed by atoms with Crippen molar-refractivity contribution in [2.45, 2.75) is 20.1 Å². The van der Waals surface area contributed by atoms with Gasteiger partial charge < -0.3 is 4.57 Å². The normalized spacial score (nSPS) is 11.2. The fourth-order valence-corrected chi connectivity index (χ4v) is 3.00. The Morgan fingerprint density at radius 1 is 1.12 bits per heavy atom. The van der Waals surface area contributed by atoms with Crippen LogP contribution in [-0.4, -0.2) is 26.3 Å². The molecule has 4 nitrogen and oxygen atoms in total. The Morgan fingerprint density at radius 3 is 2.48 bits per heavy atom. The van der Waals surface area contributed by atoms with E-state index in [0.717, 1.165) is 22.5 Å². The predicted molar refractivity (Wildman–Crippen MR) is 100 cm³/mol. The molecular formula is C19H21FN4S. The van der Waals surface area contributed by atoms with Crippen LogP contribution in [0.2, 0.25) is 0 Å². The minimum absolute atomic E-state index is 0.221. The third-order valence-electron chi connectivity index (χ3n) is 4.17. The first kappa shape index (κ1) is 17.5. The molecule has 0 bridgehead atoms. The molecule has 0 fully saturated rings. The zero-order valence-corrected chi connectivity index (χ0v) is 15.4. The topological polar surface area (TPSA) is 26.0 Å². The Bertz CT molecular complexity index is 927. The second-order valence-corrected chi connectivity index (χ2v) is 6.63. The van der Waals surface area contributed by atoms with Crippen molar-refractivity contribution >= 4 is 12.2 Å². The molecule has 25 heavy (non-hydrogen) atoms. The molecule has 2 aromatic carbocycles. The molecule has 0 atom stereocenters. The second kappa shape index (κ2) is 7.29. The number of benzene rings is 2. The van der Waals surface area contributed by atoms with Gasteiger partial charge in [-0.15, -0.1) is 0 Å². The van der Waals surface area contributed by atoms with Gasteiger partial charge in [0.05, 0.1) is 6.67 Å². The van der Waals surface area contributed by atoms with Gasteiger partial charge >= 0.3 is 0 Å². The van der Waals surface area contributed by atoms with Crippen LogP contribution in [0.4, 0.5) is 4.39 Å². The van der Waals surface area contributed by atoms with Crippen LogP contribution < -0.4 is 0 Å². The van der Waals surface area contributed by atoms with Crippen molar-refractivity contribution in [3.8, 4) is 11.4 Å². The molecule has 0 radical (unpaired) electrons. The highest BCUT2D eigenvalue weighted by atomic mass is 32.1. The lowest BCUT2D eigenvalue weighted by atomic mass is 10.1. The first-order valence-electron chi connectivity index (χ1n) is 8.08. The lowest BCUT2D eigenvalue weighted by molar-refractivity contribution is 0.244. The van der Waals surface area contributed by atoms with Crippen molar-refractivity contribution in [2.75, 3.05) is 7.05 Å². The van der Waals surface area contributed by atoms with E-state index in [-0.39, 0.29) is 5.82 Å². The molecule has 0 saturated heterocycles. The lowest BCUT2D eigenvalue weighted by Crippen LogP contribution is -2.22. The molecule has 0 amide bonds. The Balaban J connectivity index is 1.81. The van der Waals surface area contributed by atoms with Gasteiger partial charge in [-0.3, -0.25) is 4.90 Å². The van der Waals surface area contributed by atoms with E-state index in [1.54, 1.807) is 12.1 Å². The van der Waals surface area contributed by atoms with Crippen molar-refractivity contribution in [1.29, 1.82) is 0 Å². The van der Waals surface area contributed by atoms with Gasteiger partial charge in [0.2, 0.25) is 0 Å². The van der Waals surface area contributed by atoms with Gasteiger partial charge in [-0.25, -0.2) is 9.07 Å². The molecule has 0 saturated carbocycles. The van der Waals surface area contributed by atoms with E-state index in [1.165, 1.54) is 12.1 Å². The standard InChI is InChI=1S/C19H21FN4S/c1-14-6-4-5-7-17(14)18-21-24(19(25)23(18)3)13-22(2)12-15-8-10-16(20)11-9-15/h4-11H,12-13H2,1-3H3. The monoisotopic (exact) mass is 356 g/mol. The van der Waals surface area contributed by atoms with Crippen LogP contribution in [0.25, 0.3) is 11.4 Å². The summed E-state index contributed by atoms with van der Waals surface area (Å²) in [4.78, 5) is 2.09. The summed E-state index contributed by atoms with van der Waals surface area (Å²) in [5, 5.41) is 4.71. The summed E-state index contributed by atoms with van der Waals surface area (Å²) in [7, 11) is 3.93. The quantitative estimate of drug-likeness (QED) is 0.642. The van der Waals surface area contributed by atoms with Crippen LogP contribution in [0.5, 0.6) is 0 Å². The van der Waals surface area contributed by atoms with E-state index >= 15 is 0 Å². The van der Waals surface area contributed by atoms with Gasteiger partial charge in [0, 0.05) is 19.2 Å². The van der Waals surface area contributed by atoms with Gasteiger partial charge in [-0.2, -0.15) is 5.10 Å². The number of halogens is 1. The zero-order chi connectivity index (χ0) is 18.0. The minimum Gasteiger partial charge on any atom is -0.303 e. The SMILES string of the molecule is Cc1ccccc1-c1nn(CN(C)Cc2ccc(F)cc2)c(=S)n1C. The molecule has 130 valence electrons. The molecule has 6 heteroatoms. The van der Waals surface area contributed by atoms with Crippen LogP contribution in [0.15, 0.2) is 48.5 Å². The summed E-state index contributed by atoms with van der Waals surface area (Å²) in [5.74, 6) is 0.638. The Morgan fingerprint density at radius 2 is 1.80 bits per heavy atom. The van der Waals surface area contributed by atoms with Crippen LogP contribution >= 0.6 is 12.2 Å². The van der Waals surface area contributed by atoms with Crippen LogP contribution in [0.1, 0.15) is 11.1 Å². The maximum atomic E-state index is 13.0. The predicted octanol–water partition coefficient (Wildman–Crippen LogP) is 4.16. The molecule has 0 aliphatic carbocycles. The summed E-state index contributed by atoms with van der Waals surface area (Å²) >= 11 is 5.54. The Labute approximate surface area is 152 Å². The number of nitrogens with zero attached hydrogens (tertiary/aromatic N) is 4. The fraction of sp³-hybridized carbons (Fsp3) is 0.263. The van der Waals surface area contributed by atoms with Crippen LogP contribution in [0.3, 0.4) is 0 Å². The largest absolute Gasteiger partial charge is 0.303 e. The number of hydrogen-bond acceptors (Lipinski definition) is 3. The summed E-state index contributed by atoms with van der Waals surface area (Å²) < 4.78 is 17.4. The van der Waals surface area contributed by atoms with Crippen molar-refractivity contribution in [1.82, 2.24) is 19.2 Å². The average molecular weight is 356 g/mol. The van der Waals surface area contributed by atoms with E-state index in [2.05, 4.69) is 24.0 Å². The summed E-state index contributed by atoms with van der Waals surface area (Å²) in [6, 6.07) is 14.7. The molecule has 0 aliphatic rings. The highest BCUT2D eigenvalue weighted by Gasteiger charge is 2.13. The third kappa shape index (κ3) is 3.86. The maximum absolute atomic E-state index is 13.0. The molecule has 0 spiro atoms. The molecule has 0 unspecified atom stereocenters. The van der Waals surface area contributed by atoms with Gasteiger partial charge in [0.1, 0.15) is 5.82 Å². The highest BCUT2D eigenvalue weighted by molar-refractivity contribution is 7.71. The highest BCUT2D eigenvalue weighted by Crippen LogP contribution is 2.21. The molecule has 1 heterocycles. The van der Waals surface area contributed by atoms with Crippen LogP contribution in [-0.2, 0) is 20.3 Å². The lowest BCUT2D eigenvalue weighted by Gasteiger charge is -2.16. The van der Waals surface area contributed by atoms with Gasteiger partial charge in [0.15, 0.2) is 10.6 Å². The van der Waals surface area contributed by atoms with E-state index < -0.39 is 0 Å². The smallest absolute Gasteiger partial charge is 0.199 e. The van der Waals surface area contributed by atoms with E-state index in [4.69, 9.17) is 17.3 Å². The van der Waals surface area contributed by atoms with Gasteiger partial charge in [-0.1, -0.05) is 36.4 Å². The van der Waals surface area contributed by atoms with E-state index in [1.807, 2.05) is 35.5 Å². The molecule has 3 rings (SSSR count). The molecule has 3 aromatic rings. The summed E-state index contributed by atoms with van der Waals surface area (Å²) in [6.07, 6.45) is 0. The fourth-order valence-electron chi connectivity index (χ4n) is 2.82. The minimum atomic E-state index is -0.221. The number of hydrogen-bond donors (Lipinski definition) is 0. The average Bonchev–Trinajstić information content (AvgIpc) is 2.86. The molecule has 0 aliphatic heterocycles. The summed E-state index contributed by atoms with van der Waals surface area (Å²) in [6.45, 7) is 3.33. The second-order valence-electron chi connectivity index (χ2n) is 6.26. The van der Waals surface area contributed by atoms with E-state index in [0.29, 0.717) is 18.0 Å². The molecular weight excluding hydrogens is 335 g/mol. The van der Waals surface area contributed by atoms with Gasteiger partial charge in [-0.05, 0) is 49.4 Å².